The van der Waals surface area contributed by atoms with Gasteiger partial charge in [0.05, 0.1) is 0 Å². The van der Waals surface area contributed by atoms with E-state index in [4.69, 9.17) is 19.8 Å². The zero-order valence-electron chi connectivity index (χ0n) is 20.4. The molecule has 0 saturated carbocycles. The van der Waals surface area contributed by atoms with Crippen LogP contribution in [0.2, 0.25) is 0 Å². The summed E-state index contributed by atoms with van der Waals surface area (Å²) in [5, 5.41) is 14.8. The van der Waals surface area contributed by atoms with Gasteiger partial charge in [-0.3, -0.25) is 9.80 Å². The molecule has 3 heterocycles. The summed E-state index contributed by atoms with van der Waals surface area (Å²) in [5.74, 6) is -3.65. The summed E-state index contributed by atoms with van der Waals surface area (Å²) >= 11 is 0. The minimum Gasteiger partial charge on any atom is -0.473 e. The lowest BCUT2D eigenvalue weighted by atomic mass is 9.93. The summed E-state index contributed by atoms with van der Waals surface area (Å²) in [5.41, 5.74) is 4.59. The number of fused-ring (bicyclic) bond motifs is 1. The van der Waals surface area contributed by atoms with E-state index in [1.807, 2.05) is 0 Å². The van der Waals surface area contributed by atoms with E-state index in [1.165, 1.54) is 76.9 Å². The Hall–Kier alpha value is -2.74. The van der Waals surface area contributed by atoms with Crippen LogP contribution in [0, 0.1) is 0 Å². The highest BCUT2D eigenvalue weighted by Crippen LogP contribution is 2.27. The largest absolute Gasteiger partial charge is 0.473 e. The van der Waals surface area contributed by atoms with E-state index in [0.29, 0.717) is 0 Å². The molecule has 0 unspecified atom stereocenters. The van der Waals surface area contributed by atoms with Gasteiger partial charge in [0, 0.05) is 31.7 Å². The van der Waals surface area contributed by atoms with Gasteiger partial charge in [-0.1, -0.05) is 54.6 Å². The predicted molar refractivity (Wildman–Crippen MR) is 135 cm³/mol. The van der Waals surface area contributed by atoms with Gasteiger partial charge < -0.3 is 15.1 Å². The minimum atomic E-state index is -1.82. The Bertz CT molecular complexity index is 955. The van der Waals surface area contributed by atoms with Gasteiger partial charge in [-0.25, -0.2) is 9.59 Å². The molecule has 0 aromatic heterocycles. The molecule has 3 aliphatic rings. The molecule has 0 spiro atoms. The predicted octanol–water partition coefficient (Wildman–Crippen LogP) is 3.33. The van der Waals surface area contributed by atoms with Gasteiger partial charge in [0.25, 0.3) is 0 Å². The number of carbonyl (C=O) groups is 2. The molecule has 2 aromatic carbocycles. The topological polar surface area (TPSA) is 84.3 Å². The Morgan fingerprint density at radius 2 is 1.23 bits per heavy atom. The molecule has 2 saturated heterocycles. The number of rotatable bonds is 4. The molecule has 0 atom stereocenters. The van der Waals surface area contributed by atoms with Crippen molar-refractivity contribution in [2.45, 2.75) is 57.3 Å². The lowest BCUT2D eigenvalue weighted by molar-refractivity contribution is -0.159. The molecule has 7 heteroatoms. The maximum Gasteiger partial charge on any atom is 0.414 e. The average Bonchev–Trinajstić information content (AvgIpc) is 2.90. The summed E-state index contributed by atoms with van der Waals surface area (Å²) in [4.78, 5) is 26.4. The molecular formula is C28H37N3O4. The number of carboxylic acids is 2. The highest BCUT2D eigenvalue weighted by Gasteiger charge is 2.31. The van der Waals surface area contributed by atoms with Crippen LogP contribution in [0.15, 0.2) is 54.6 Å². The normalized spacial score (nSPS) is 20.5. The van der Waals surface area contributed by atoms with E-state index in [0.717, 1.165) is 18.6 Å². The van der Waals surface area contributed by atoms with Crippen LogP contribution >= 0.6 is 0 Å². The number of benzene rings is 2. The molecule has 35 heavy (non-hydrogen) atoms. The van der Waals surface area contributed by atoms with Gasteiger partial charge >= 0.3 is 11.9 Å². The molecule has 3 aliphatic heterocycles. The zero-order valence-corrected chi connectivity index (χ0v) is 20.4. The van der Waals surface area contributed by atoms with Crippen molar-refractivity contribution >= 4 is 11.9 Å². The van der Waals surface area contributed by atoms with E-state index in [-0.39, 0.29) is 0 Å². The third-order valence-corrected chi connectivity index (χ3v) is 7.68. The Morgan fingerprint density at radius 1 is 0.686 bits per heavy atom. The molecule has 0 radical (unpaired) electrons. The second-order valence-electron chi connectivity index (χ2n) is 9.86. The van der Waals surface area contributed by atoms with Gasteiger partial charge in [-0.05, 0) is 75.0 Å². The van der Waals surface area contributed by atoms with Crippen LogP contribution in [0.3, 0.4) is 0 Å². The van der Waals surface area contributed by atoms with Crippen molar-refractivity contribution in [2.75, 3.05) is 32.7 Å². The van der Waals surface area contributed by atoms with Crippen molar-refractivity contribution in [1.82, 2.24) is 14.7 Å². The fraction of sp³-hybridized carbons (Fsp3) is 0.500. The lowest BCUT2D eigenvalue weighted by Gasteiger charge is -2.45. The van der Waals surface area contributed by atoms with Crippen LogP contribution in [-0.4, -0.2) is 81.7 Å². The quantitative estimate of drug-likeness (QED) is 0.651. The van der Waals surface area contributed by atoms with E-state index < -0.39 is 11.9 Å². The smallest absolute Gasteiger partial charge is 0.414 e. The van der Waals surface area contributed by atoms with Crippen LogP contribution in [0.1, 0.15) is 42.4 Å². The van der Waals surface area contributed by atoms with Crippen LogP contribution in [0.5, 0.6) is 0 Å². The zero-order chi connectivity index (χ0) is 24.6. The molecule has 7 nitrogen and oxygen atoms in total. The van der Waals surface area contributed by atoms with E-state index in [2.05, 4.69) is 69.3 Å². The van der Waals surface area contributed by atoms with Crippen molar-refractivity contribution in [3.05, 3.63) is 71.3 Å². The molecule has 2 aromatic rings. The van der Waals surface area contributed by atoms with Crippen molar-refractivity contribution in [3.63, 3.8) is 0 Å². The molecule has 0 bridgehead atoms. The van der Waals surface area contributed by atoms with Crippen LogP contribution in [0.25, 0.3) is 0 Å². The van der Waals surface area contributed by atoms with Crippen molar-refractivity contribution in [3.8, 4) is 0 Å². The second-order valence-corrected chi connectivity index (χ2v) is 9.86. The molecule has 0 amide bonds. The average molecular weight is 480 g/mol. The highest BCUT2D eigenvalue weighted by molar-refractivity contribution is 6.27. The number of carboxylic acid groups (broad SMARTS) is 2. The maximum absolute atomic E-state index is 9.10. The van der Waals surface area contributed by atoms with Gasteiger partial charge in [0.15, 0.2) is 0 Å². The number of likely N-dealkylation sites (tertiary alicyclic amines) is 2. The Balaban J connectivity index is 0.000000431. The van der Waals surface area contributed by atoms with Gasteiger partial charge in [-0.2, -0.15) is 0 Å². The van der Waals surface area contributed by atoms with Crippen molar-refractivity contribution in [2.24, 2.45) is 0 Å². The second kappa shape index (κ2) is 12.3. The molecule has 5 rings (SSSR count). The first-order valence-corrected chi connectivity index (χ1v) is 12.8. The summed E-state index contributed by atoms with van der Waals surface area (Å²) in [6, 6.07) is 21.6. The number of nitrogens with zero attached hydrogens (tertiary/aromatic N) is 3. The highest BCUT2D eigenvalue weighted by atomic mass is 16.4. The number of hydrogen-bond donors (Lipinski definition) is 2. The van der Waals surface area contributed by atoms with E-state index >= 15 is 0 Å². The minimum absolute atomic E-state index is 0.790. The molecule has 2 N–H and O–H groups in total. The summed E-state index contributed by atoms with van der Waals surface area (Å²) in [6.45, 7) is 8.63. The Morgan fingerprint density at radius 3 is 1.86 bits per heavy atom. The molecule has 2 fully saturated rings. The van der Waals surface area contributed by atoms with Crippen molar-refractivity contribution < 1.29 is 19.8 Å². The van der Waals surface area contributed by atoms with E-state index in [1.54, 1.807) is 11.1 Å². The standard InChI is InChI=1S/C26H35N3.C2H2O4/c1-2-6-22(7-3-1)20-27-15-11-25(12-16-27)28-18-13-26(14-19-28)29-17-10-23-8-4-5-9-24(23)21-29;3-1(4)2(5)6/h1-9,25-26H,10-21H2;(H,3,4)(H,5,6). The molecule has 0 aliphatic carbocycles. The van der Waals surface area contributed by atoms with Gasteiger partial charge in [0.1, 0.15) is 0 Å². The first-order chi connectivity index (χ1) is 17.0. The number of hydrogen-bond acceptors (Lipinski definition) is 5. The monoisotopic (exact) mass is 479 g/mol. The third kappa shape index (κ3) is 7.13. The summed E-state index contributed by atoms with van der Waals surface area (Å²) in [7, 11) is 0. The fourth-order valence-corrected chi connectivity index (χ4v) is 5.73. The molecular weight excluding hydrogens is 442 g/mol. The van der Waals surface area contributed by atoms with Crippen LogP contribution < -0.4 is 0 Å². The van der Waals surface area contributed by atoms with Gasteiger partial charge in [0.2, 0.25) is 0 Å². The van der Waals surface area contributed by atoms with Crippen LogP contribution in [-0.2, 0) is 29.1 Å². The molecule has 188 valence electrons. The maximum atomic E-state index is 9.10. The van der Waals surface area contributed by atoms with Gasteiger partial charge in [-0.15, -0.1) is 0 Å². The Labute approximate surface area is 208 Å². The summed E-state index contributed by atoms with van der Waals surface area (Å²) < 4.78 is 0. The van der Waals surface area contributed by atoms with Crippen molar-refractivity contribution in [1.29, 1.82) is 0 Å². The first-order valence-electron chi connectivity index (χ1n) is 12.8. The third-order valence-electron chi connectivity index (χ3n) is 7.68. The number of aliphatic carboxylic acids is 2. The SMILES string of the molecule is O=C(O)C(=O)O.c1ccc(CN2CCC(N3CCC(N4CCc5ccccc5C4)CC3)CC2)cc1. The first kappa shape index (κ1) is 25.4. The van der Waals surface area contributed by atoms with Crippen LogP contribution in [0.4, 0.5) is 0 Å². The summed E-state index contributed by atoms with van der Waals surface area (Å²) in [6.07, 6.45) is 6.62. The number of piperidine rings is 2. The fourth-order valence-electron chi connectivity index (χ4n) is 5.73. The lowest BCUT2D eigenvalue weighted by Crippen LogP contribution is -2.51. The van der Waals surface area contributed by atoms with E-state index in [9.17, 15) is 0 Å². The Kier molecular flexibility index (Phi) is 8.90.